The van der Waals surface area contributed by atoms with Crippen molar-refractivity contribution < 1.29 is 14.3 Å². The van der Waals surface area contributed by atoms with Crippen LogP contribution in [0.2, 0.25) is 0 Å². The van der Waals surface area contributed by atoms with Crippen LogP contribution < -0.4 is 21.7 Å². The molecule has 2 heterocycles. The lowest BCUT2D eigenvalue weighted by atomic mass is 10.1. The van der Waals surface area contributed by atoms with Crippen LogP contribution in [-0.4, -0.2) is 37.6 Å². The van der Waals surface area contributed by atoms with Crippen molar-refractivity contribution in [3.8, 4) is 0 Å². The smallest absolute Gasteiger partial charge is 0.242 e. The van der Waals surface area contributed by atoms with E-state index in [2.05, 4.69) is 5.32 Å². The summed E-state index contributed by atoms with van der Waals surface area (Å²) in [5.74, 6) is -0.501. The van der Waals surface area contributed by atoms with E-state index in [4.69, 9.17) is 16.2 Å². The van der Waals surface area contributed by atoms with Crippen LogP contribution in [-0.2, 0) is 20.7 Å². The SMILES string of the molecule is NC(=O)C1COCCN1c1cc2c(cc1N)CC(=O)N2. The minimum absolute atomic E-state index is 0.0509. The lowest BCUT2D eigenvalue weighted by Crippen LogP contribution is -2.52. The summed E-state index contributed by atoms with van der Waals surface area (Å²) in [5, 5.41) is 2.78. The molecule has 20 heavy (non-hydrogen) atoms. The highest BCUT2D eigenvalue weighted by Crippen LogP contribution is 2.35. The maximum atomic E-state index is 11.5. The van der Waals surface area contributed by atoms with Gasteiger partial charge in [-0.2, -0.15) is 0 Å². The highest BCUT2D eigenvalue weighted by atomic mass is 16.5. The van der Waals surface area contributed by atoms with Gasteiger partial charge in [-0.1, -0.05) is 0 Å². The first-order valence-corrected chi connectivity index (χ1v) is 6.42. The van der Waals surface area contributed by atoms with Crippen molar-refractivity contribution in [2.45, 2.75) is 12.5 Å². The number of primary amides is 1. The second-order valence-electron chi connectivity index (χ2n) is 4.98. The molecule has 0 aliphatic carbocycles. The Hall–Kier alpha value is -2.28. The van der Waals surface area contributed by atoms with E-state index < -0.39 is 11.9 Å². The molecule has 0 bridgehead atoms. The molecule has 2 aliphatic rings. The van der Waals surface area contributed by atoms with Gasteiger partial charge in [-0.15, -0.1) is 0 Å². The molecular formula is C13H16N4O3. The third-order valence-electron chi connectivity index (χ3n) is 3.64. The van der Waals surface area contributed by atoms with Crippen LogP contribution in [0.1, 0.15) is 5.56 Å². The van der Waals surface area contributed by atoms with E-state index in [1.54, 1.807) is 12.1 Å². The number of carbonyl (C=O) groups is 2. The number of nitrogens with one attached hydrogen (secondary N) is 1. The summed E-state index contributed by atoms with van der Waals surface area (Å²) < 4.78 is 5.29. The molecule has 1 aromatic carbocycles. The highest BCUT2D eigenvalue weighted by Gasteiger charge is 2.30. The third kappa shape index (κ3) is 2.05. The van der Waals surface area contributed by atoms with Crippen LogP contribution >= 0.6 is 0 Å². The summed E-state index contributed by atoms with van der Waals surface area (Å²) >= 11 is 0. The minimum atomic E-state index is -0.541. The number of hydrogen-bond acceptors (Lipinski definition) is 5. The Bertz CT molecular complexity index is 587. The van der Waals surface area contributed by atoms with Gasteiger partial charge < -0.3 is 26.4 Å². The van der Waals surface area contributed by atoms with Crippen LogP contribution in [0, 0.1) is 0 Å². The number of amides is 2. The van der Waals surface area contributed by atoms with Gasteiger partial charge in [0.05, 0.1) is 31.0 Å². The number of carbonyl (C=O) groups excluding carboxylic acids is 2. The first-order valence-electron chi connectivity index (χ1n) is 6.42. The van der Waals surface area contributed by atoms with Gasteiger partial charge in [-0.05, 0) is 17.7 Å². The van der Waals surface area contributed by atoms with E-state index in [9.17, 15) is 9.59 Å². The summed E-state index contributed by atoms with van der Waals surface area (Å²) in [7, 11) is 0. The molecule has 2 amide bonds. The van der Waals surface area contributed by atoms with Crippen LogP contribution in [0.4, 0.5) is 17.1 Å². The van der Waals surface area contributed by atoms with E-state index >= 15 is 0 Å². The third-order valence-corrected chi connectivity index (χ3v) is 3.64. The van der Waals surface area contributed by atoms with Gasteiger partial charge in [0, 0.05) is 12.2 Å². The maximum Gasteiger partial charge on any atom is 0.242 e. The fraction of sp³-hybridized carbons (Fsp3) is 0.385. The Morgan fingerprint density at radius 3 is 3.00 bits per heavy atom. The number of nitrogen functional groups attached to an aromatic ring is 1. The van der Waals surface area contributed by atoms with E-state index in [0.29, 0.717) is 30.9 Å². The highest BCUT2D eigenvalue weighted by molar-refractivity contribution is 6.01. The Balaban J connectivity index is 1.99. The van der Waals surface area contributed by atoms with Crippen molar-refractivity contribution >= 4 is 28.9 Å². The number of ether oxygens (including phenoxy) is 1. The lowest BCUT2D eigenvalue weighted by Gasteiger charge is -2.36. The molecule has 1 aromatic rings. The van der Waals surface area contributed by atoms with Gasteiger partial charge in [-0.3, -0.25) is 9.59 Å². The molecule has 0 spiro atoms. The maximum absolute atomic E-state index is 11.5. The molecule has 5 N–H and O–H groups in total. The minimum Gasteiger partial charge on any atom is -0.397 e. The number of hydrogen-bond donors (Lipinski definition) is 3. The first-order chi connectivity index (χ1) is 9.56. The Morgan fingerprint density at radius 1 is 1.45 bits per heavy atom. The second kappa shape index (κ2) is 4.68. The summed E-state index contributed by atoms with van der Waals surface area (Å²) in [6.45, 7) is 1.29. The predicted molar refractivity (Wildman–Crippen MR) is 74.3 cm³/mol. The monoisotopic (exact) mass is 276 g/mol. The average molecular weight is 276 g/mol. The van der Waals surface area contributed by atoms with Crippen LogP contribution in [0.25, 0.3) is 0 Å². The fourth-order valence-corrected chi connectivity index (χ4v) is 2.66. The zero-order valence-electron chi connectivity index (χ0n) is 10.9. The largest absolute Gasteiger partial charge is 0.397 e. The van der Waals surface area contributed by atoms with E-state index in [0.717, 1.165) is 11.3 Å². The topological polar surface area (TPSA) is 111 Å². The molecule has 0 saturated carbocycles. The van der Waals surface area contributed by atoms with Gasteiger partial charge in [-0.25, -0.2) is 0 Å². The molecule has 0 aromatic heterocycles. The molecule has 1 atom stereocenters. The Morgan fingerprint density at radius 2 is 2.25 bits per heavy atom. The van der Waals surface area contributed by atoms with Crippen molar-refractivity contribution in [2.75, 3.05) is 35.7 Å². The number of nitrogens with two attached hydrogens (primary N) is 2. The molecular weight excluding hydrogens is 260 g/mol. The number of rotatable bonds is 2. The molecule has 3 rings (SSSR count). The first kappa shape index (κ1) is 12.7. The quantitative estimate of drug-likeness (QED) is 0.628. The molecule has 1 saturated heterocycles. The number of benzene rings is 1. The Labute approximate surface area is 115 Å². The van der Waals surface area contributed by atoms with E-state index in [-0.39, 0.29) is 12.5 Å². The zero-order valence-corrected chi connectivity index (χ0v) is 10.9. The normalized spacial score (nSPS) is 21.5. The van der Waals surface area contributed by atoms with Crippen molar-refractivity contribution in [1.29, 1.82) is 0 Å². The van der Waals surface area contributed by atoms with Gasteiger partial charge >= 0.3 is 0 Å². The van der Waals surface area contributed by atoms with Gasteiger partial charge in [0.1, 0.15) is 6.04 Å². The number of nitrogens with zero attached hydrogens (tertiary/aromatic N) is 1. The van der Waals surface area contributed by atoms with Crippen molar-refractivity contribution in [3.63, 3.8) is 0 Å². The number of morpholine rings is 1. The summed E-state index contributed by atoms with van der Waals surface area (Å²) in [6.07, 6.45) is 0.335. The lowest BCUT2D eigenvalue weighted by molar-refractivity contribution is -0.121. The molecule has 106 valence electrons. The summed E-state index contributed by atoms with van der Waals surface area (Å²) in [6, 6.07) is 3.04. The summed E-state index contributed by atoms with van der Waals surface area (Å²) in [4.78, 5) is 24.8. The van der Waals surface area contributed by atoms with Gasteiger partial charge in [0.15, 0.2) is 0 Å². The average Bonchev–Trinajstić information content (AvgIpc) is 2.76. The molecule has 7 nitrogen and oxygen atoms in total. The standard InChI is InChI=1S/C13H16N4O3/c14-8-3-7-4-12(18)16-9(7)5-10(8)17-1-2-20-6-11(17)13(15)19/h3,5,11H,1-2,4,6,14H2,(H2,15,19)(H,16,18). The number of fused-ring (bicyclic) bond motifs is 1. The molecule has 1 fully saturated rings. The van der Waals surface area contributed by atoms with Gasteiger partial charge in [0.25, 0.3) is 0 Å². The Kier molecular flexibility index (Phi) is 2.98. The molecule has 0 radical (unpaired) electrons. The fourth-order valence-electron chi connectivity index (χ4n) is 2.66. The second-order valence-corrected chi connectivity index (χ2v) is 4.98. The molecule has 7 heteroatoms. The molecule has 2 aliphatic heterocycles. The van der Waals surface area contributed by atoms with Crippen LogP contribution in [0.15, 0.2) is 12.1 Å². The van der Waals surface area contributed by atoms with Crippen molar-refractivity contribution in [1.82, 2.24) is 0 Å². The van der Waals surface area contributed by atoms with E-state index in [1.165, 1.54) is 0 Å². The van der Waals surface area contributed by atoms with Gasteiger partial charge in [0.2, 0.25) is 11.8 Å². The van der Waals surface area contributed by atoms with Crippen LogP contribution in [0.3, 0.4) is 0 Å². The zero-order chi connectivity index (χ0) is 14.3. The van der Waals surface area contributed by atoms with Crippen LogP contribution in [0.5, 0.6) is 0 Å². The van der Waals surface area contributed by atoms with E-state index in [1.807, 2.05) is 4.90 Å². The molecule has 1 unspecified atom stereocenters. The number of anilines is 3. The van der Waals surface area contributed by atoms with Crippen molar-refractivity contribution in [3.05, 3.63) is 17.7 Å². The van der Waals surface area contributed by atoms with Crippen molar-refractivity contribution in [2.24, 2.45) is 5.73 Å². The predicted octanol–water partition coefficient (Wildman–Crippen LogP) is -0.546. The summed E-state index contributed by atoms with van der Waals surface area (Å²) in [5.41, 5.74) is 14.3.